The molecule has 0 radical (unpaired) electrons. The first-order valence-corrected chi connectivity index (χ1v) is 6.32. The number of rotatable bonds is 2. The number of nitrogens with one attached hydrogen (secondary N) is 2. The predicted octanol–water partition coefficient (Wildman–Crippen LogP) is 1.07. The van der Waals surface area contributed by atoms with E-state index in [1.54, 1.807) is 4.90 Å². The quantitative estimate of drug-likeness (QED) is 0.849. The molecule has 0 spiro atoms. The molecule has 8 heteroatoms. The molecule has 1 saturated heterocycles. The summed E-state index contributed by atoms with van der Waals surface area (Å²) in [5, 5.41) is 9.23. The van der Waals surface area contributed by atoms with E-state index in [2.05, 4.69) is 20.3 Å². The summed E-state index contributed by atoms with van der Waals surface area (Å²) in [6, 6.07) is 0.155. The summed E-state index contributed by atoms with van der Waals surface area (Å²) in [6.45, 7) is 1.22. The second-order valence-corrected chi connectivity index (χ2v) is 4.68. The number of hydrogen-bond donors (Lipinski definition) is 2. The fourth-order valence-corrected chi connectivity index (χ4v) is 2.19. The maximum absolute atomic E-state index is 11.3. The number of halogens is 1. The van der Waals surface area contributed by atoms with E-state index in [4.69, 9.17) is 11.6 Å². The van der Waals surface area contributed by atoms with Crippen molar-refractivity contribution < 1.29 is 9.53 Å². The van der Waals surface area contributed by atoms with Gasteiger partial charge in [0.2, 0.25) is 0 Å². The maximum atomic E-state index is 11.3. The highest BCUT2D eigenvalue weighted by molar-refractivity contribution is 6.32. The molecule has 0 atom stereocenters. The van der Waals surface area contributed by atoms with Crippen molar-refractivity contribution in [2.45, 2.75) is 18.9 Å². The number of carbonyl (C=O) groups is 1. The van der Waals surface area contributed by atoms with Crippen molar-refractivity contribution in [3.63, 3.8) is 0 Å². The second-order valence-electron chi connectivity index (χ2n) is 4.30. The van der Waals surface area contributed by atoms with Crippen molar-refractivity contribution in [2.24, 2.45) is 0 Å². The number of H-pyrrole nitrogens is 1. The van der Waals surface area contributed by atoms with E-state index in [1.165, 1.54) is 13.3 Å². The number of anilines is 1. The lowest BCUT2D eigenvalue weighted by molar-refractivity contribution is 0.113. The molecule has 1 aromatic rings. The van der Waals surface area contributed by atoms with E-state index < -0.39 is 5.56 Å². The molecule has 1 aliphatic heterocycles. The Balaban J connectivity index is 1.94. The minimum absolute atomic E-state index is 0.102. The number of methoxy groups -OCH3 is 1. The van der Waals surface area contributed by atoms with Crippen LogP contribution in [0.1, 0.15) is 12.8 Å². The molecule has 1 aromatic heterocycles. The van der Waals surface area contributed by atoms with E-state index >= 15 is 0 Å². The second kappa shape index (κ2) is 5.92. The lowest BCUT2D eigenvalue weighted by Gasteiger charge is -2.31. The molecule has 2 N–H and O–H groups in total. The van der Waals surface area contributed by atoms with Crippen LogP contribution in [0, 0.1) is 0 Å². The van der Waals surface area contributed by atoms with Crippen LogP contribution in [0.4, 0.5) is 10.5 Å². The van der Waals surface area contributed by atoms with E-state index in [0.29, 0.717) is 18.8 Å². The van der Waals surface area contributed by atoms with Gasteiger partial charge in [-0.25, -0.2) is 9.89 Å². The Labute approximate surface area is 114 Å². The van der Waals surface area contributed by atoms with Crippen molar-refractivity contribution in [3.05, 3.63) is 21.6 Å². The Morgan fingerprint density at radius 1 is 1.58 bits per heavy atom. The monoisotopic (exact) mass is 286 g/mol. The van der Waals surface area contributed by atoms with Crippen molar-refractivity contribution in [2.75, 3.05) is 25.5 Å². The van der Waals surface area contributed by atoms with Crippen molar-refractivity contribution in [1.29, 1.82) is 0 Å². The highest BCUT2D eigenvalue weighted by Crippen LogP contribution is 2.20. The predicted molar refractivity (Wildman–Crippen MR) is 70.5 cm³/mol. The smallest absolute Gasteiger partial charge is 0.409 e. The first kappa shape index (κ1) is 13.7. The topological polar surface area (TPSA) is 87.3 Å². The molecule has 1 aliphatic rings. The minimum Gasteiger partial charge on any atom is -0.453 e. The van der Waals surface area contributed by atoms with E-state index in [1.807, 2.05) is 0 Å². The fraction of sp³-hybridized carbons (Fsp3) is 0.545. The lowest BCUT2D eigenvalue weighted by atomic mass is 10.1. The summed E-state index contributed by atoms with van der Waals surface area (Å²) >= 11 is 5.88. The van der Waals surface area contributed by atoms with Gasteiger partial charge in [0.15, 0.2) is 0 Å². The number of piperidine rings is 1. The normalized spacial score (nSPS) is 16.2. The molecular weight excluding hydrogens is 272 g/mol. The summed E-state index contributed by atoms with van der Waals surface area (Å²) in [4.78, 5) is 24.3. The Morgan fingerprint density at radius 3 is 2.89 bits per heavy atom. The molecule has 0 bridgehead atoms. The number of hydrogen-bond acceptors (Lipinski definition) is 5. The third-order valence-corrected chi connectivity index (χ3v) is 3.46. The highest BCUT2D eigenvalue weighted by atomic mass is 35.5. The number of aromatic amines is 1. The van der Waals surface area contributed by atoms with Crippen molar-refractivity contribution in [3.8, 4) is 0 Å². The van der Waals surface area contributed by atoms with Crippen molar-refractivity contribution >= 4 is 23.4 Å². The van der Waals surface area contributed by atoms with E-state index in [9.17, 15) is 9.59 Å². The number of ether oxygens (including phenoxy) is 1. The number of nitrogens with zero attached hydrogens (tertiary/aromatic N) is 2. The first-order valence-electron chi connectivity index (χ1n) is 5.94. The van der Waals surface area contributed by atoms with Crippen LogP contribution in [0.3, 0.4) is 0 Å². The number of carbonyl (C=O) groups excluding carboxylic acids is 1. The average Bonchev–Trinajstić information content (AvgIpc) is 2.44. The summed E-state index contributed by atoms with van der Waals surface area (Å²) < 4.78 is 4.67. The molecule has 0 unspecified atom stereocenters. The summed E-state index contributed by atoms with van der Waals surface area (Å²) in [5.74, 6) is 0. The SMILES string of the molecule is COC(=O)N1CCC(Nc2cn[nH]c(=O)c2Cl)CC1. The first-order chi connectivity index (χ1) is 9.11. The van der Waals surface area contributed by atoms with Gasteiger partial charge < -0.3 is 15.0 Å². The minimum atomic E-state index is -0.418. The van der Waals surface area contributed by atoms with Gasteiger partial charge in [-0.05, 0) is 12.8 Å². The Bertz CT molecular complexity index is 511. The van der Waals surface area contributed by atoms with E-state index in [0.717, 1.165) is 12.8 Å². The number of aromatic nitrogens is 2. The molecule has 2 heterocycles. The third kappa shape index (κ3) is 3.17. The zero-order valence-corrected chi connectivity index (χ0v) is 11.2. The molecule has 104 valence electrons. The van der Waals surface area contributed by atoms with Gasteiger partial charge in [-0.15, -0.1) is 0 Å². The van der Waals surface area contributed by atoms with Gasteiger partial charge in [0.1, 0.15) is 5.02 Å². The molecule has 19 heavy (non-hydrogen) atoms. The Hall–Kier alpha value is -1.76. The van der Waals surface area contributed by atoms with Gasteiger partial charge in [-0.3, -0.25) is 4.79 Å². The standard InChI is InChI=1S/C11H15ClN4O3/c1-19-11(18)16-4-2-7(3-5-16)14-8-6-13-15-10(17)9(8)12/h6-7H,2-5H2,1H3,(H2,14,15,17). The van der Waals surface area contributed by atoms with Crippen LogP contribution in [-0.2, 0) is 4.74 Å². The van der Waals surface area contributed by atoms with Gasteiger partial charge in [0.05, 0.1) is 19.0 Å². The largest absolute Gasteiger partial charge is 0.453 e. The average molecular weight is 287 g/mol. The Morgan fingerprint density at radius 2 is 2.26 bits per heavy atom. The van der Waals surface area contributed by atoms with Crippen molar-refractivity contribution in [1.82, 2.24) is 15.1 Å². The van der Waals surface area contributed by atoms with E-state index in [-0.39, 0.29) is 17.2 Å². The van der Waals surface area contributed by atoms with Gasteiger partial charge in [-0.1, -0.05) is 11.6 Å². The van der Waals surface area contributed by atoms with Gasteiger partial charge >= 0.3 is 6.09 Å². The zero-order chi connectivity index (χ0) is 13.8. The molecule has 0 aliphatic carbocycles. The van der Waals surface area contributed by atoms with Crippen LogP contribution in [-0.4, -0.2) is 47.4 Å². The molecule has 7 nitrogen and oxygen atoms in total. The van der Waals surface area contributed by atoms with Crippen LogP contribution < -0.4 is 10.9 Å². The van der Waals surface area contributed by atoms with Gasteiger partial charge in [0.25, 0.3) is 5.56 Å². The summed E-state index contributed by atoms with van der Waals surface area (Å²) in [7, 11) is 1.37. The molecular formula is C11H15ClN4O3. The lowest BCUT2D eigenvalue weighted by Crippen LogP contribution is -2.42. The van der Waals surface area contributed by atoms with Gasteiger partial charge in [0, 0.05) is 19.1 Å². The molecule has 2 rings (SSSR count). The highest BCUT2D eigenvalue weighted by Gasteiger charge is 2.23. The number of amides is 1. The van der Waals surface area contributed by atoms with Crippen LogP contribution in [0.2, 0.25) is 5.02 Å². The molecule has 1 amide bonds. The van der Waals surface area contributed by atoms with Crippen LogP contribution in [0.15, 0.2) is 11.0 Å². The molecule has 0 aromatic carbocycles. The fourth-order valence-electron chi connectivity index (χ4n) is 2.04. The molecule has 0 saturated carbocycles. The van der Waals surface area contributed by atoms with Gasteiger partial charge in [-0.2, -0.15) is 5.10 Å². The summed E-state index contributed by atoms with van der Waals surface area (Å²) in [5.41, 5.74) is 0.0978. The van der Waals surface area contributed by atoms with Crippen LogP contribution in [0.25, 0.3) is 0 Å². The third-order valence-electron chi connectivity index (χ3n) is 3.08. The Kier molecular flexibility index (Phi) is 4.26. The molecule has 1 fully saturated rings. The van der Waals surface area contributed by atoms with Crippen LogP contribution in [0.5, 0.6) is 0 Å². The number of likely N-dealkylation sites (tertiary alicyclic amines) is 1. The summed E-state index contributed by atoms with van der Waals surface area (Å²) in [6.07, 6.45) is 2.70. The maximum Gasteiger partial charge on any atom is 0.409 e. The van der Waals surface area contributed by atoms with Crippen LogP contribution >= 0.6 is 11.6 Å². The zero-order valence-electron chi connectivity index (χ0n) is 10.5.